The monoisotopic (exact) mass is 276 g/mol. The molecule has 0 saturated carbocycles. The summed E-state index contributed by atoms with van der Waals surface area (Å²) in [5, 5.41) is 3.55. The average Bonchev–Trinajstić information content (AvgIpc) is 2.42. The molecule has 2 heteroatoms. The van der Waals surface area contributed by atoms with Gasteiger partial charge in [-0.1, -0.05) is 31.0 Å². The minimum absolute atomic E-state index is 0.256. The first-order valence-electron chi connectivity index (χ1n) is 8.08. The van der Waals surface area contributed by atoms with E-state index in [2.05, 4.69) is 68.2 Å². The Hall–Kier alpha value is -1.02. The van der Waals surface area contributed by atoms with Gasteiger partial charge in [0.2, 0.25) is 0 Å². The molecule has 0 fully saturated rings. The Morgan fingerprint density at radius 1 is 0.950 bits per heavy atom. The summed E-state index contributed by atoms with van der Waals surface area (Å²) in [6.07, 6.45) is 5.23. The Labute approximate surface area is 125 Å². The van der Waals surface area contributed by atoms with E-state index < -0.39 is 0 Å². The molecule has 0 aliphatic rings. The molecule has 0 heterocycles. The third-order valence-electron chi connectivity index (χ3n) is 3.51. The third-order valence-corrected chi connectivity index (χ3v) is 3.51. The summed E-state index contributed by atoms with van der Waals surface area (Å²) >= 11 is 0. The fourth-order valence-corrected chi connectivity index (χ4v) is 2.35. The molecule has 0 aliphatic heterocycles. The van der Waals surface area contributed by atoms with Gasteiger partial charge in [-0.25, -0.2) is 0 Å². The summed E-state index contributed by atoms with van der Waals surface area (Å²) in [6, 6.07) is 10.7. The molecule has 2 nitrogen and oxygen atoms in total. The second kappa shape index (κ2) is 9.02. The predicted octanol–water partition coefficient (Wildman–Crippen LogP) is 4.46. The van der Waals surface area contributed by atoms with Crippen LogP contribution in [0.4, 0.5) is 5.69 Å². The highest BCUT2D eigenvalue weighted by molar-refractivity contribution is 5.45. The van der Waals surface area contributed by atoms with E-state index in [9.17, 15) is 0 Å². The van der Waals surface area contributed by atoms with Gasteiger partial charge in [0.1, 0.15) is 0 Å². The molecule has 0 aliphatic carbocycles. The lowest BCUT2D eigenvalue weighted by Crippen LogP contribution is -2.36. The molecule has 1 aromatic carbocycles. The van der Waals surface area contributed by atoms with Gasteiger partial charge in [-0.05, 0) is 59.2 Å². The maximum atomic E-state index is 3.55. The van der Waals surface area contributed by atoms with Crippen molar-refractivity contribution in [2.45, 2.75) is 58.9 Å². The molecule has 0 saturated heterocycles. The highest BCUT2D eigenvalue weighted by Gasteiger charge is 2.07. The second-order valence-corrected chi connectivity index (χ2v) is 6.51. The van der Waals surface area contributed by atoms with Gasteiger partial charge in [0.05, 0.1) is 0 Å². The fraction of sp³-hybridized carbons (Fsp3) is 0.667. The zero-order valence-electron chi connectivity index (χ0n) is 13.8. The van der Waals surface area contributed by atoms with Gasteiger partial charge < -0.3 is 10.2 Å². The maximum absolute atomic E-state index is 3.55. The van der Waals surface area contributed by atoms with E-state index in [0.29, 0.717) is 0 Å². The normalized spacial score (nSPS) is 11.6. The van der Waals surface area contributed by atoms with Crippen LogP contribution < -0.4 is 10.2 Å². The van der Waals surface area contributed by atoms with Gasteiger partial charge in [-0.15, -0.1) is 0 Å². The first-order valence-corrected chi connectivity index (χ1v) is 8.08. The van der Waals surface area contributed by atoms with E-state index in [4.69, 9.17) is 0 Å². The molecule has 0 aromatic heterocycles. The molecule has 0 atom stereocenters. The van der Waals surface area contributed by atoms with Crippen LogP contribution in [-0.4, -0.2) is 25.2 Å². The Balaban J connectivity index is 2.11. The maximum Gasteiger partial charge on any atom is 0.0366 e. The largest absolute Gasteiger partial charge is 0.372 e. The predicted molar refractivity (Wildman–Crippen MR) is 90.6 cm³/mol. The fourth-order valence-electron chi connectivity index (χ4n) is 2.35. The van der Waals surface area contributed by atoms with Crippen molar-refractivity contribution in [1.29, 1.82) is 0 Å². The van der Waals surface area contributed by atoms with Crippen molar-refractivity contribution in [3.63, 3.8) is 0 Å². The van der Waals surface area contributed by atoms with E-state index in [1.807, 2.05) is 0 Å². The molecule has 0 spiro atoms. The van der Waals surface area contributed by atoms with Crippen LogP contribution in [0.5, 0.6) is 0 Å². The summed E-state index contributed by atoms with van der Waals surface area (Å²) in [6.45, 7) is 12.3. The summed E-state index contributed by atoms with van der Waals surface area (Å²) in [7, 11) is 0. The summed E-state index contributed by atoms with van der Waals surface area (Å²) in [5.74, 6) is 0. The van der Waals surface area contributed by atoms with Gasteiger partial charge in [-0.3, -0.25) is 0 Å². The van der Waals surface area contributed by atoms with Crippen molar-refractivity contribution < 1.29 is 0 Å². The zero-order chi connectivity index (χ0) is 14.8. The van der Waals surface area contributed by atoms with Crippen LogP contribution in [0.3, 0.4) is 0 Å². The molecule has 0 radical (unpaired) electrons. The van der Waals surface area contributed by atoms with Gasteiger partial charge in [-0.2, -0.15) is 0 Å². The van der Waals surface area contributed by atoms with Crippen LogP contribution in [0.25, 0.3) is 0 Å². The minimum atomic E-state index is 0.256. The summed E-state index contributed by atoms with van der Waals surface area (Å²) in [4.78, 5) is 2.47. The van der Waals surface area contributed by atoms with Crippen molar-refractivity contribution in [3.05, 3.63) is 30.3 Å². The first kappa shape index (κ1) is 17.0. The lowest BCUT2D eigenvalue weighted by atomic mass is 10.1. The number of nitrogens with zero attached hydrogens (tertiary/aromatic N) is 1. The van der Waals surface area contributed by atoms with E-state index in [1.165, 1.54) is 37.9 Å². The lowest BCUT2D eigenvalue weighted by molar-refractivity contribution is 0.416. The van der Waals surface area contributed by atoms with Crippen molar-refractivity contribution in [1.82, 2.24) is 5.32 Å². The molecule has 0 bridgehead atoms. The van der Waals surface area contributed by atoms with Crippen molar-refractivity contribution >= 4 is 5.69 Å². The van der Waals surface area contributed by atoms with Crippen molar-refractivity contribution in [3.8, 4) is 0 Å². The van der Waals surface area contributed by atoms with Crippen LogP contribution >= 0.6 is 0 Å². The van der Waals surface area contributed by atoms with E-state index in [0.717, 1.165) is 13.1 Å². The number of para-hydroxylation sites is 1. The van der Waals surface area contributed by atoms with E-state index in [1.54, 1.807) is 0 Å². The lowest BCUT2D eigenvalue weighted by Gasteiger charge is -2.23. The molecule has 0 unspecified atom stereocenters. The molecule has 1 N–H and O–H groups in total. The highest BCUT2D eigenvalue weighted by atomic mass is 15.1. The Morgan fingerprint density at radius 3 is 2.20 bits per heavy atom. The number of benzene rings is 1. The van der Waals surface area contributed by atoms with Crippen LogP contribution in [-0.2, 0) is 0 Å². The smallest absolute Gasteiger partial charge is 0.0366 e. The number of hydrogen-bond donors (Lipinski definition) is 1. The second-order valence-electron chi connectivity index (χ2n) is 6.51. The molecule has 1 aromatic rings. The number of unbranched alkanes of at least 4 members (excludes halogenated alkanes) is 3. The average molecular weight is 276 g/mol. The Bertz CT molecular complexity index is 340. The Kier molecular flexibility index (Phi) is 7.68. The van der Waals surface area contributed by atoms with Crippen LogP contribution in [0.15, 0.2) is 30.3 Å². The summed E-state index contributed by atoms with van der Waals surface area (Å²) in [5.41, 5.74) is 1.61. The van der Waals surface area contributed by atoms with Gasteiger partial charge in [0.15, 0.2) is 0 Å². The zero-order valence-corrected chi connectivity index (χ0v) is 13.8. The first-order chi connectivity index (χ1) is 9.53. The minimum Gasteiger partial charge on any atom is -0.372 e. The molecule has 1 rings (SSSR count). The van der Waals surface area contributed by atoms with Crippen LogP contribution in [0, 0.1) is 0 Å². The highest BCUT2D eigenvalue weighted by Crippen LogP contribution is 2.14. The SMILES string of the molecule is CCN(CCCCCCNC(C)(C)C)c1ccccc1. The van der Waals surface area contributed by atoms with Crippen molar-refractivity contribution in [2.75, 3.05) is 24.5 Å². The molecular formula is C18H32N2. The third kappa shape index (κ3) is 7.54. The molecule has 114 valence electrons. The van der Waals surface area contributed by atoms with Crippen molar-refractivity contribution in [2.24, 2.45) is 0 Å². The molecular weight excluding hydrogens is 244 g/mol. The molecule has 0 amide bonds. The number of nitrogens with one attached hydrogen (secondary N) is 1. The van der Waals surface area contributed by atoms with E-state index in [-0.39, 0.29) is 5.54 Å². The standard InChI is InChI=1S/C18H32N2/c1-5-20(17-13-9-8-10-14-17)16-12-7-6-11-15-19-18(2,3)4/h8-10,13-14,19H,5-7,11-12,15-16H2,1-4H3. The van der Waals surface area contributed by atoms with Crippen LogP contribution in [0.2, 0.25) is 0 Å². The topological polar surface area (TPSA) is 15.3 Å². The molecule has 20 heavy (non-hydrogen) atoms. The number of anilines is 1. The number of hydrogen-bond acceptors (Lipinski definition) is 2. The van der Waals surface area contributed by atoms with Crippen LogP contribution in [0.1, 0.15) is 53.4 Å². The van der Waals surface area contributed by atoms with Gasteiger partial charge in [0.25, 0.3) is 0 Å². The van der Waals surface area contributed by atoms with Gasteiger partial charge in [0, 0.05) is 24.3 Å². The Morgan fingerprint density at radius 2 is 1.60 bits per heavy atom. The van der Waals surface area contributed by atoms with E-state index >= 15 is 0 Å². The summed E-state index contributed by atoms with van der Waals surface area (Å²) < 4.78 is 0. The van der Waals surface area contributed by atoms with Gasteiger partial charge >= 0.3 is 0 Å². The number of rotatable bonds is 9. The quantitative estimate of drug-likeness (QED) is 0.670.